The maximum absolute atomic E-state index is 9.87. The molecular formula is C31H37N3O3S. The van der Waals surface area contributed by atoms with Crippen molar-refractivity contribution in [3.8, 4) is 38.6 Å². The largest absolute Gasteiger partial charge is 0.490 e. The monoisotopic (exact) mass is 531 g/mol. The first-order valence-corrected chi connectivity index (χ1v) is 14.4. The Kier molecular flexibility index (Phi) is 8.78. The van der Waals surface area contributed by atoms with E-state index in [9.17, 15) is 5.11 Å². The van der Waals surface area contributed by atoms with Gasteiger partial charge in [-0.05, 0) is 87.9 Å². The molecule has 2 heterocycles. The lowest BCUT2D eigenvalue weighted by molar-refractivity contribution is -0.00882. The van der Waals surface area contributed by atoms with Crippen LogP contribution in [0.4, 0.5) is 0 Å². The summed E-state index contributed by atoms with van der Waals surface area (Å²) in [6, 6.07) is 12.9. The summed E-state index contributed by atoms with van der Waals surface area (Å²) in [5.41, 5.74) is 9.19. The van der Waals surface area contributed by atoms with E-state index in [0.29, 0.717) is 6.61 Å². The number of thiazole rings is 1. The summed E-state index contributed by atoms with van der Waals surface area (Å²) in [6.45, 7) is 9.13. The number of aromatic nitrogens is 1. The normalized spacial score (nSPS) is 19.3. The van der Waals surface area contributed by atoms with Gasteiger partial charge in [0.05, 0.1) is 35.3 Å². The van der Waals surface area contributed by atoms with Crippen molar-refractivity contribution in [2.75, 3.05) is 26.2 Å². The van der Waals surface area contributed by atoms with Crippen LogP contribution in [-0.2, 0) is 11.3 Å². The number of likely N-dealkylation sites (tertiary alicyclic amines) is 1. The van der Waals surface area contributed by atoms with Gasteiger partial charge in [-0.3, -0.25) is 9.74 Å². The third kappa shape index (κ3) is 6.28. The fourth-order valence-electron chi connectivity index (χ4n) is 5.36. The molecule has 0 saturated carbocycles. The van der Waals surface area contributed by atoms with Crippen LogP contribution in [0, 0.1) is 11.8 Å². The Bertz CT molecular complexity index is 1310. The van der Waals surface area contributed by atoms with Crippen LogP contribution >= 0.6 is 11.3 Å². The van der Waals surface area contributed by atoms with Gasteiger partial charge in [0.2, 0.25) is 0 Å². The van der Waals surface area contributed by atoms with Crippen molar-refractivity contribution in [2.45, 2.75) is 64.7 Å². The fourth-order valence-corrected chi connectivity index (χ4v) is 6.33. The van der Waals surface area contributed by atoms with Gasteiger partial charge in [-0.25, -0.2) is 4.98 Å². The third-order valence-electron chi connectivity index (χ3n) is 7.11. The number of hydrogen-bond donors (Lipinski definition) is 2. The minimum Gasteiger partial charge on any atom is -0.490 e. The van der Waals surface area contributed by atoms with E-state index in [4.69, 9.17) is 14.6 Å². The molecule has 1 aliphatic heterocycles. The Hall–Kier alpha value is -2.73. The molecule has 2 unspecified atom stereocenters. The molecule has 38 heavy (non-hydrogen) atoms. The molecule has 7 heteroatoms. The highest BCUT2D eigenvalue weighted by Gasteiger charge is 2.26. The molecule has 2 aromatic carbocycles. The predicted octanol–water partition coefficient (Wildman–Crippen LogP) is 5.60. The van der Waals surface area contributed by atoms with Crippen molar-refractivity contribution in [2.24, 2.45) is 0 Å². The van der Waals surface area contributed by atoms with E-state index in [1.165, 1.54) is 21.6 Å². The Morgan fingerprint density at radius 2 is 2.13 bits per heavy atom. The number of nitrogens with zero attached hydrogens (tertiary/aromatic N) is 2. The van der Waals surface area contributed by atoms with E-state index in [1.54, 1.807) is 11.3 Å². The SMILES string of the molecule is CC#Cc1cc(-c2ncc(-c3cccc4c3CCC4NOCCN3CCCC(O)C3)s2)ccc1OC(C)C. The van der Waals surface area contributed by atoms with E-state index in [0.717, 1.165) is 67.2 Å². The molecule has 1 aromatic heterocycles. The molecule has 0 spiro atoms. The Morgan fingerprint density at radius 1 is 1.24 bits per heavy atom. The van der Waals surface area contributed by atoms with Crippen molar-refractivity contribution in [3.05, 3.63) is 59.3 Å². The minimum atomic E-state index is -0.200. The second kappa shape index (κ2) is 12.4. The quantitative estimate of drug-likeness (QED) is 0.213. The lowest BCUT2D eigenvalue weighted by atomic mass is 10.0. The van der Waals surface area contributed by atoms with Crippen LogP contribution in [0.15, 0.2) is 42.6 Å². The number of rotatable bonds is 9. The van der Waals surface area contributed by atoms with Gasteiger partial charge >= 0.3 is 0 Å². The summed E-state index contributed by atoms with van der Waals surface area (Å²) in [6.07, 6.45) is 5.87. The number of piperidine rings is 1. The molecule has 0 radical (unpaired) electrons. The number of benzene rings is 2. The lowest BCUT2D eigenvalue weighted by Crippen LogP contribution is -2.40. The number of fused-ring (bicyclic) bond motifs is 1. The van der Waals surface area contributed by atoms with E-state index in [2.05, 4.69) is 52.6 Å². The van der Waals surface area contributed by atoms with Crippen LogP contribution in [0.2, 0.25) is 0 Å². The number of ether oxygens (including phenoxy) is 1. The number of nitrogens with one attached hydrogen (secondary N) is 1. The summed E-state index contributed by atoms with van der Waals surface area (Å²) in [7, 11) is 0. The van der Waals surface area contributed by atoms with Gasteiger partial charge in [-0.15, -0.1) is 17.3 Å². The highest BCUT2D eigenvalue weighted by molar-refractivity contribution is 7.18. The standard InChI is InChI=1S/C31H37N3O3S/c1-4-7-22-18-23(11-14-29(22)37-21(2)3)31-32-19-30(38-31)27-10-5-9-26-25(27)12-13-28(26)33-36-17-16-34-15-6-8-24(35)20-34/h5,9-11,14,18-19,21,24,28,33,35H,6,8,12-13,15-17,20H2,1-3H3. The molecule has 3 aromatic rings. The maximum atomic E-state index is 9.87. The summed E-state index contributed by atoms with van der Waals surface area (Å²) in [4.78, 5) is 14.1. The van der Waals surface area contributed by atoms with Crippen molar-refractivity contribution < 1.29 is 14.7 Å². The molecule has 2 aliphatic rings. The van der Waals surface area contributed by atoms with Crippen LogP contribution in [0.25, 0.3) is 21.0 Å². The molecule has 6 nitrogen and oxygen atoms in total. The van der Waals surface area contributed by atoms with Gasteiger partial charge in [0.1, 0.15) is 10.8 Å². The molecule has 200 valence electrons. The lowest BCUT2D eigenvalue weighted by Gasteiger charge is -2.29. The van der Waals surface area contributed by atoms with E-state index < -0.39 is 0 Å². The summed E-state index contributed by atoms with van der Waals surface area (Å²) >= 11 is 1.71. The smallest absolute Gasteiger partial charge is 0.135 e. The molecule has 2 atom stereocenters. The van der Waals surface area contributed by atoms with E-state index >= 15 is 0 Å². The first-order chi connectivity index (χ1) is 18.5. The zero-order chi connectivity index (χ0) is 26.5. The zero-order valence-corrected chi connectivity index (χ0v) is 23.3. The van der Waals surface area contributed by atoms with Crippen molar-refractivity contribution in [3.63, 3.8) is 0 Å². The molecule has 0 bridgehead atoms. The number of aliphatic hydroxyl groups is 1. The Morgan fingerprint density at radius 3 is 2.95 bits per heavy atom. The average Bonchev–Trinajstić information content (AvgIpc) is 3.55. The molecular weight excluding hydrogens is 494 g/mol. The van der Waals surface area contributed by atoms with Gasteiger partial charge in [0.25, 0.3) is 0 Å². The van der Waals surface area contributed by atoms with Crippen molar-refractivity contribution >= 4 is 11.3 Å². The first kappa shape index (κ1) is 26.9. The van der Waals surface area contributed by atoms with Crippen LogP contribution in [0.5, 0.6) is 5.75 Å². The molecule has 2 N–H and O–H groups in total. The Labute approximate surface area is 230 Å². The fraction of sp³-hybridized carbons (Fsp3) is 0.452. The van der Waals surface area contributed by atoms with Crippen LogP contribution in [0.1, 0.15) is 62.8 Å². The summed E-state index contributed by atoms with van der Waals surface area (Å²) < 4.78 is 5.95. The summed E-state index contributed by atoms with van der Waals surface area (Å²) in [5, 5.41) is 10.8. The van der Waals surface area contributed by atoms with Crippen molar-refractivity contribution in [1.82, 2.24) is 15.4 Å². The number of hydrogen-bond acceptors (Lipinski definition) is 7. The van der Waals surface area contributed by atoms with Crippen LogP contribution < -0.4 is 10.2 Å². The highest BCUT2D eigenvalue weighted by atomic mass is 32.1. The number of hydroxylamine groups is 1. The van der Waals surface area contributed by atoms with Gasteiger partial charge < -0.3 is 9.84 Å². The predicted molar refractivity (Wildman–Crippen MR) is 153 cm³/mol. The maximum Gasteiger partial charge on any atom is 0.135 e. The molecule has 1 saturated heterocycles. The topological polar surface area (TPSA) is 66.9 Å². The minimum absolute atomic E-state index is 0.0947. The van der Waals surface area contributed by atoms with Crippen LogP contribution in [0.3, 0.4) is 0 Å². The van der Waals surface area contributed by atoms with Gasteiger partial charge in [-0.1, -0.05) is 24.1 Å². The average molecular weight is 532 g/mol. The highest BCUT2D eigenvalue weighted by Crippen LogP contribution is 2.41. The molecule has 5 rings (SSSR count). The van der Waals surface area contributed by atoms with Crippen LogP contribution in [-0.4, -0.2) is 53.4 Å². The van der Waals surface area contributed by atoms with Crippen molar-refractivity contribution in [1.29, 1.82) is 0 Å². The number of β-amino-alcohol motifs (C(OH)–C–C–N with tert-alkyl or cyclic N) is 1. The zero-order valence-electron chi connectivity index (χ0n) is 22.5. The van der Waals surface area contributed by atoms with E-state index in [1.807, 2.05) is 33.0 Å². The third-order valence-corrected chi connectivity index (χ3v) is 8.19. The molecule has 1 aliphatic carbocycles. The van der Waals surface area contributed by atoms with Gasteiger partial charge in [0.15, 0.2) is 0 Å². The Balaban J connectivity index is 1.27. The van der Waals surface area contributed by atoms with E-state index in [-0.39, 0.29) is 18.2 Å². The molecule has 0 amide bonds. The number of aliphatic hydroxyl groups excluding tert-OH is 1. The second-order valence-corrected chi connectivity index (χ2v) is 11.3. The van der Waals surface area contributed by atoms with Gasteiger partial charge in [0, 0.05) is 24.8 Å². The van der Waals surface area contributed by atoms with Gasteiger partial charge in [-0.2, -0.15) is 5.48 Å². The summed E-state index contributed by atoms with van der Waals surface area (Å²) in [5.74, 6) is 6.99. The second-order valence-electron chi connectivity index (χ2n) is 10.3. The molecule has 1 fully saturated rings. The first-order valence-electron chi connectivity index (χ1n) is 13.6.